The van der Waals surface area contributed by atoms with Crippen LogP contribution in [0.4, 0.5) is 0 Å². The van der Waals surface area contributed by atoms with Crippen LogP contribution in [0.1, 0.15) is 15.9 Å². The lowest BCUT2D eigenvalue weighted by Crippen LogP contribution is -2.29. The molecule has 0 bridgehead atoms. The number of hydrogen-bond acceptors (Lipinski definition) is 2. The Morgan fingerprint density at radius 1 is 1.57 bits per heavy atom. The molecule has 0 aromatic heterocycles. The van der Waals surface area contributed by atoms with E-state index >= 15 is 0 Å². The predicted octanol–water partition coefficient (Wildman–Crippen LogP) is 1.45. The first-order valence-electron chi connectivity index (χ1n) is 4.40. The van der Waals surface area contributed by atoms with E-state index in [-0.39, 0.29) is 5.91 Å². The van der Waals surface area contributed by atoms with Crippen LogP contribution in [0.5, 0.6) is 0 Å². The van der Waals surface area contributed by atoms with Gasteiger partial charge in [0, 0.05) is 23.1 Å². The van der Waals surface area contributed by atoms with Gasteiger partial charge in [0.15, 0.2) is 0 Å². The van der Waals surface area contributed by atoms with E-state index in [4.69, 9.17) is 5.73 Å². The van der Waals surface area contributed by atoms with Crippen LogP contribution in [0, 0.1) is 6.92 Å². The van der Waals surface area contributed by atoms with Crippen LogP contribution < -0.4 is 11.1 Å². The summed E-state index contributed by atoms with van der Waals surface area (Å²) in [6, 6.07) is 5.55. The lowest BCUT2D eigenvalue weighted by molar-refractivity contribution is 0.0954. The number of amides is 1. The zero-order valence-corrected chi connectivity index (χ0v) is 9.60. The third-order valence-electron chi connectivity index (χ3n) is 1.94. The SMILES string of the molecule is Cc1c(Br)cccc1C(=O)NCCN. The highest BCUT2D eigenvalue weighted by molar-refractivity contribution is 9.10. The maximum atomic E-state index is 11.6. The van der Waals surface area contributed by atoms with Gasteiger partial charge in [-0.1, -0.05) is 22.0 Å². The molecule has 1 amide bonds. The van der Waals surface area contributed by atoms with Crippen molar-refractivity contribution < 1.29 is 4.79 Å². The van der Waals surface area contributed by atoms with Crippen molar-refractivity contribution in [2.45, 2.75) is 6.92 Å². The van der Waals surface area contributed by atoms with Gasteiger partial charge in [0.2, 0.25) is 0 Å². The van der Waals surface area contributed by atoms with Crippen LogP contribution >= 0.6 is 15.9 Å². The second kappa shape index (κ2) is 5.12. The molecule has 3 nitrogen and oxygen atoms in total. The number of rotatable bonds is 3. The molecule has 1 aromatic carbocycles. The fourth-order valence-electron chi connectivity index (χ4n) is 1.13. The molecule has 0 fully saturated rings. The van der Waals surface area contributed by atoms with Gasteiger partial charge in [-0.05, 0) is 24.6 Å². The number of halogens is 1. The van der Waals surface area contributed by atoms with Crippen molar-refractivity contribution in [3.8, 4) is 0 Å². The molecule has 0 saturated carbocycles. The van der Waals surface area contributed by atoms with E-state index in [2.05, 4.69) is 21.2 Å². The Balaban J connectivity index is 2.84. The van der Waals surface area contributed by atoms with Gasteiger partial charge < -0.3 is 11.1 Å². The zero-order chi connectivity index (χ0) is 10.6. The van der Waals surface area contributed by atoms with E-state index in [1.54, 1.807) is 6.07 Å². The predicted molar refractivity (Wildman–Crippen MR) is 60.3 cm³/mol. The standard InChI is InChI=1S/C10H13BrN2O/c1-7-8(3-2-4-9(7)11)10(14)13-6-5-12/h2-4H,5-6,12H2,1H3,(H,13,14). The van der Waals surface area contributed by atoms with Crippen LogP contribution in [-0.4, -0.2) is 19.0 Å². The second-order valence-electron chi connectivity index (χ2n) is 2.96. The maximum absolute atomic E-state index is 11.6. The Hall–Kier alpha value is -0.870. The van der Waals surface area contributed by atoms with Gasteiger partial charge in [-0.25, -0.2) is 0 Å². The minimum Gasteiger partial charge on any atom is -0.351 e. The fraction of sp³-hybridized carbons (Fsp3) is 0.300. The summed E-state index contributed by atoms with van der Waals surface area (Å²) < 4.78 is 0.942. The molecule has 0 heterocycles. The summed E-state index contributed by atoms with van der Waals surface area (Å²) in [5, 5.41) is 2.73. The van der Waals surface area contributed by atoms with E-state index in [1.165, 1.54) is 0 Å². The van der Waals surface area contributed by atoms with Crippen molar-refractivity contribution in [2.75, 3.05) is 13.1 Å². The quantitative estimate of drug-likeness (QED) is 0.861. The number of nitrogens with one attached hydrogen (secondary N) is 1. The van der Waals surface area contributed by atoms with Crippen LogP contribution in [0.2, 0.25) is 0 Å². The van der Waals surface area contributed by atoms with Crippen LogP contribution in [0.15, 0.2) is 22.7 Å². The van der Waals surface area contributed by atoms with Crippen molar-refractivity contribution in [3.05, 3.63) is 33.8 Å². The van der Waals surface area contributed by atoms with Crippen LogP contribution in [0.25, 0.3) is 0 Å². The minimum atomic E-state index is -0.0748. The Morgan fingerprint density at radius 2 is 2.29 bits per heavy atom. The Kier molecular flexibility index (Phi) is 4.10. The smallest absolute Gasteiger partial charge is 0.251 e. The van der Waals surface area contributed by atoms with Gasteiger partial charge in [0.25, 0.3) is 5.91 Å². The largest absolute Gasteiger partial charge is 0.351 e. The fourth-order valence-corrected chi connectivity index (χ4v) is 1.50. The Bertz CT molecular complexity index is 339. The summed E-state index contributed by atoms with van der Waals surface area (Å²) in [6.45, 7) is 2.87. The molecule has 76 valence electrons. The molecule has 0 aliphatic heterocycles. The van der Waals surface area contributed by atoms with Crippen molar-refractivity contribution >= 4 is 21.8 Å². The lowest BCUT2D eigenvalue weighted by Gasteiger charge is -2.07. The lowest BCUT2D eigenvalue weighted by atomic mass is 10.1. The summed E-state index contributed by atoms with van der Waals surface area (Å²) in [4.78, 5) is 11.6. The molecule has 0 radical (unpaired) electrons. The molecule has 14 heavy (non-hydrogen) atoms. The average molecular weight is 257 g/mol. The number of benzene rings is 1. The van der Waals surface area contributed by atoms with E-state index in [9.17, 15) is 4.79 Å². The molecule has 0 aliphatic rings. The number of carbonyl (C=O) groups is 1. The molecule has 4 heteroatoms. The van der Waals surface area contributed by atoms with Crippen LogP contribution in [0.3, 0.4) is 0 Å². The number of hydrogen-bond donors (Lipinski definition) is 2. The summed E-state index contributed by atoms with van der Waals surface area (Å²) in [5.74, 6) is -0.0748. The molecule has 0 saturated heterocycles. The highest BCUT2D eigenvalue weighted by atomic mass is 79.9. The van der Waals surface area contributed by atoms with Crippen LogP contribution in [-0.2, 0) is 0 Å². The molecule has 0 spiro atoms. The number of nitrogens with two attached hydrogens (primary N) is 1. The monoisotopic (exact) mass is 256 g/mol. The van der Waals surface area contributed by atoms with Crippen molar-refractivity contribution in [2.24, 2.45) is 5.73 Å². The number of carbonyl (C=O) groups excluding carboxylic acids is 1. The minimum absolute atomic E-state index is 0.0748. The second-order valence-corrected chi connectivity index (χ2v) is 3.81. The van der Waals surface area contributed by atoms with Crippen molar-refractivity contribution in [1.29, 1.82) is 0 Å². The summed E-state index contributed by atoms with van der Waals surface area (Å²) >= 11 is 3.38. The zero-order valence-electron chi connectivity index (χ0n) is 8.01. The highest BCUT2D eigenvalue weighted by Gasteiger charge is 2.09. The van der Waals surface area contributed by atoms with Gasteiger partial charge in [-0.3, -0.25) is 4.79 Å². The van der Waals surface area contributed by atoms with Gasteiger partial charge in [-0.15, -0.1) is 0 Å². The molecular formula is C10H13BrN2O. The first-order valence-corrected chi connectivity index (χ1v) is 5.19. The van der Waals surface area contributed by atoms with E-state index in [0.29, 0.717) is 18.7 Å². The highest BCUT2D eigenvalue weighted by Crippen LogP contribution is 2.18. The van der Waals surface area contributed by atoms with Gasteiger partial charge in [-0.2, -0.15) is 0 Å². The molecule has 1 aromatic rings. The van der Waals surface area contributed by atoms with E-state index in [1.807, 2.05) is 19.1 Å². The topological polar surface area (TPSA) is 55.1 Å². The Labute approximate surface area is 91.8 Å². The molecule has 0 unspecified atom stereocenters. The average Bonchev–Trinajstić information content (AvgIpc) is 2.18. The summed E-state index contributed by atoms with van der Waals surface area (Å²) in [5.41, 5.74) is 6.93. The van der Waals surface area contributed by atoms with Gasteiger partial charge in [0.05, 0.1) is 0 Å². The normalized spacial score (nSPS) is 9.93. The first kappa shape index (κ1) is 11.2. The van der Waals surface area contributed by atoms with E-state index < -0.39 is 0 Å². The maximum Gasteiger partial charge on any atom is 0.251 e. The van der Waals surface area contributed by atoms with Crippen molar-refractivity contribution in [3.63, 3.8) is 0 Å². The third kappa shape index (κ3) is 2.56. The molecule has 0 aliphatic carbocycles. The summed E-state index contributed by atoms with van der Waals surface area (Å²) in [6.07, 6.45) is 0. The van der Waals surface area contributed by atoms with E-state index in [0.717, 1.165) is 10.0 Å². The molecule has 0 atom stereocenters. The summed E-state index contributed by atoms with van der Waals surface area (Å²) in [7, 11) is 0. The first-order chi connectivity index (χ1) is 6.66. The molecular weight excluding hydrogens is 244 g/mol. The van der Waals surface area contributed by atoms with Crippen molar-refractivity contribution in [1.82, 2.24) is 5.32 Å². The Morgan fingerprint density at radius 3 is 2.93 bits per heavy atom. The third-order valence-corrected chi connectivity index (χ3v) is 2.80. The molecule has 1 rings (SSSR count). The van der Waals surface area contributed by atoms with Gasteiger partial charge >= 0.3 is 0 Å². The molecule has 3 N–H and O–H groups in total. The van der Waals surface area contributed by atoms with Gasteiger partial charge in [0.1, 0.15) is 0 Å².